The molecule has 1 atom stereocenters. The summed E-state index contributed by atoms with van der Waals surface area (Å²) in [6.07, 6.45) is 1.38. The molecule has 0 bridgehead atoms. The van der Waals surface area contributed by atoms with Crippen molar-refractivity contribution in [2.45, 2.75) is 13.0 Å². The first-order valence-corrected chi connectivity index (χ1v) is 5.03. The van der Waals surface area contributed by atoms with Gasteiger partial charge in [-0.1, -0.05) is 35.5 Å². The molecular weight excluding hydrogens is 204 g/mol. The van der Waals surface area contributed by atoms with Crippen molar-refractivity contribution in [2.24, 2.45) is 0 Å². The van der Waals surface area contributed by atoms with Crippen LogP contribution in [0.25, 0.3) is 0 Å². The van der Waals surface area contributed by atoms with Gasteiger partial charge in [0, 0.05) is 6.07 Å². The molecule has 1 aromatic carbocycles. The topological polar surface area (TPSA) is 55.1 Å². The second kappa shape index (κ2) is 4.61. The highest BCUT2D eigenvalue weighted by atomic mass is 16.5. The fourth-order valence-corrected chi connectivity index (χ4v) is 1.43. The molecule has 0 fully saturated rings. The molecule has 1 unspecified atom stereocenters. The van der Waals surface area contributed by atoms with Crippen molar-refractivity contribution in [1.82, 2.24) is 10.5 Å². The number of benzene rings is 1. The summed E-state index contributed by atoms with van der Waals surface area (Å²) in [5.41, 5.74) is 1.35. The van der Waals surface area contributed by atoms with Crippen LogP contribution in [0.5, 0.6) is 0 Å². The second-order valence-electron chi connectivity index (χ2n) is 3.49. The van der Waals surface area contributed by atoms with Crippen LogP contribution in [0.3, 0.4) is 0 Å². The monoisotopic (exact) mass is 216 g/mol. The van der Waals surface area contributed by atoms with E-state index in [0.29, 0.717) is 5.69 Å². The van der Waals surface area contributed by atoms with E-state index < -0.39 is 0 Å². The predicted molar refractivity (Wildman–Crippen MR) is 58.8 cm³/mol. The first-order chi connectivity index (χ1) is 7.77. The molecule has 4 nitrogen and oxygen atoms in total. The summed E-state index contributed by atoms with van der Waals surface area (Å²) in [6, 6.07) is 11.2. The molecule has 0 radical (unpaired) electrons. The lowest BCUT2D eigenvalue weighted by Gasteiger charge is -2.12. The highest BCUT2D eigenvalue weighted by Crippen LogP contribution is 2.11. The molecule has 2 rings (SSSR count). The number of rotatable bonds is 3. The van der Waals surface area contributed by atoms with Crippen molar-refractivity contribution in [2.75, 3.05) is 0 Å². The maximum atomic E-state index is 11.7. The van der Waals surface area contributed by atoms with E-state index >= 15 is 0 Å². The number of carbonyl (C=O) groups excluding carboxylic acids is 1. The van der Waals surface area contributed by atoms with E-state index in [9.17, 15) is 4.79 Å². The van der Waals surface area contributed by atoms with Crippen molar-refractivity contribution < 1.29 is 9.32 Å². The van der Waals surface area contributed by atoms with Gasteiger partial charge in [0.05, 0.1) is 6.04 Å². The molecule has 1 N–H and O–H groups in total. The van der Waals surface area contributed by atoms with Crippen LogP contribution in [0.1, 0.15) is 29.0 Å². The maximum Gasteiger partial charge on any atom is 0.273 e. The SMILES string of the molecule is CC(NC(=O)c1ccon1)c1ccccc1. The van der Waals surface area contributed by atoms with Crippen molar-refractivity contribution in [3.63, 3.8) is 0 Å². The third kappa shape index (κ3) is 2.28. The van der Waals surface area contributed by atoms with Crippen LogP contribution in [0, 0.1) is 0 Å². The summed E-state index contributed by atoms with van der Waals surface area (Å²) >= 11 is 0. The number of carbonyl (C=O) groups is 1. The molecule has 2 aromatic rings. The van der Waals surface area contributed by atoms with E-state index in [1.54, 1.807) is 0 Å². The number of hydrogen-bond donors (Lipinski definition) is 1. The van der Waals surface area contributed by atoms with Gasteiger partial charge in [-0.2, -0.15) is 0 Å². The van der Waals surface area contributed by atoms with Crippen molar-refractivity contribution in [1.29, 1.82) is 0 Å². The highest BCUT2D eigenvalue weighted by molar-refractivity contribution is 5.92. The van der Waals surface area contributed by atoms with Gasteiger partial charge >= 0.3 is 0 Å². The van der Waals surface area contributed by atoms with Gasteiger partial charge < -0.3 is 9.84 Å². The molecule has 0 saturated carbocycles. The highest BCUT2D eigenvalue weighted by Gasteiger charge is 2.12. The second-order valence-corrected chi connectivity index (χ2v) is 3.49. The molecule has 1 aromatic heterocycles. The maximum absolute atomic E-state index is 11.7. The van der Waals surface area contributed by atoms with E-state index in [0.717, 1.165) is 5.56 Å². The Balaban J connectivity index is 2.03. The molecule has 1 heterocycles. The molecule has 16 heavy (non-hydrogen) atoms. The number of nitrogens with zero attached hydrogens (tertiary/aromatic N) is 1. The minimum Gasteiger partial charge on any atom is -0.364 e. The molecule has 0 saturated heterocycles. The molecular formula is C12H12N2O2. The fraction of sp³-hybridized carbons (Fsp3) is 0.167. The van der Waals surface area contributed by atoms with Crippen molar-refractivity contribution in [3.8, 4) is 0 Å². The Bertz CT molecular complexity index is 451. The lowest BCUT2D eigenvalue weighted by molar-refractivity contribution is 0.0930. The Morgan fingerprint density at radius 2 is 2.06 bits per heavy atom. The minimum absolute atomic E-state index is 0.0506. The van der Waals surface area contributed by atoms with Crippen LogP contribution in [-0.2, 0) is 0 Å². The summed E-state index contributed by atoms with van der Waals surface area (Å²) in [4.78, 5) is 11.7. The Morgan fingerprint density at radius 1 is 1.31 bits per heavy atom. The molecule has 0 aliphatic rings. The van der Waals surface area contributed by atoms with E-state index in [1.807, 2.05) is 37.3 Å². The minimum atomic E-state index is -0.231. The number of hydrogen-bond acceptors (Lipinski definition) is 3. The van der Waals surface area contributed by atoms with E-state index in [-0.39, 0.29) is 11.9 Å². The molecule has 82 valence electrons. The van der Waals surface area contributed by atoms with E-state index in [4.69, 9.17) is 0 Å². The third-order valence-corrected chi connectivity index (χ3v) is 2.32. The molecule has 0 spiro atoms. The van der Waals surface area contributed by atoms with Gasteiger partial charge in [0.15, 0.2) is 5.69 Å². The van der Waals surface area contributed by atoms with Gasteiger partial charge in [-0.15, -0.1) is 0 Å². The zero-order chi connectivity index (χ0) is 11.4. The van der Waals surface area contributed by atoms with Crippen molar-refractivity contribution >= 4 is 5.91 Å². The summed E-state index contributed by atoms with van der Waals surface area (Å²) in [5, 5.41) is 6.41. The standard InChI is InChI=1S/C12H12N2O2/c1-9(10-5-3-2-4-6-10)13-12(15)11-7-8-16-14-11/h2-9H,1H3,(H,13,15). The number of nitrogens with one attached hydrogen (secondary N) is 1. The molecule has 0 aliphatic heterocycles. The van der Waals surface area contributed by atoms with Crippen LogP contribution in [0.2, 0.25) is 0 Å². The molecule has 4 heteroatoms. The Labute approximate surface area is 93.3 Å². The zero-order valence-electron chi connectivity index (χ0n) is 8.88. The zero-order valence-corrected chi connectivity index (χ0v) is 8.88. The number of amides is 1. The summed E-state index contributed by atoms with van der Waals surface area (Å²) in [6.45, 7) is 1.92. The average molecular weight is 216 g/mol. The molecule has 1 amide bonds. The quantitative estimate of drug-likeness (QED) is 0.855. The van der Waals surface area contributed by atoms with Gasteiger partial charge in [0.2, 0.25) is 0 Å². The first kappa shape index (κ1) is 10.4. The largest absolute Gasteiger partial charge is 0.364 e. The van der Waals surface area contributed by atoms with Gasteiger partial charge in [0.25, 0.3) is 5.91 Å². The smallest absolute Gasteiger partial charge is 0.273 e. The summed E-state index contributed by atoms with van der Waals surface area (Å²) < 4.78 is 4.61. The summed E-state index contributed by atoms with van der Waals surface area (Å²) in [5.74, 6) is -0.231. The van der Waals surface area contributed by atoms with Gasteiger partial charge in [-0.25, -0.2) is 0 Å². The van der Waals surface area contributed by atoms with Gasteiger partial charge in [0.1, 0.15) is 6.26 Å². The third-order valence-electron chi connectivity index (χ3n) is 2.32. The van der Waals surface area contributed by atoms with Crippen LogP contribution in [0.15, 0.2) is 47.2 Å². The summed E-state index contributed by atoms with van der Waals surface area (Å²) in [7, 11) is 0. The normalized spacial score (nSPS) is 12.1. The fourth-order valence-electron chi connectivity index (χ4n) is 1.43. The lowest BCUT2D eigenvalue weighted by atomic mass is 10.1. The molecule has 0 aliphatic carbocycles. The van der Waals surface area contributed by atoms with Gasteiger partial charge in [-0.3, -0.25) is 4.79 Å². The van der Waals surface area contributed by atoms with Crippen molar-refractivity contribution in [3.05, 3.63) is 53.9 Å². The van der Waals surface area contributed by atoms with Crippen LogP contribution >= 0.6 is 0 Å². The Hall–Kier alpha value is -2.10. The Morgan fingerprint density at radius 3 is 2.69 bits per heavy atom. The van der Waals surface area contributed by atoms with Crippen LogP contribution < -0.4 is 5.32 Å². The average Bonchev–Trinajstić information content (AvgIpc) is 2.83. The first-order valence-electron chi connectivity index (χ1n) is 5.03. The van der Waals surface area contributed by atoms with Crippen LogP contribution in [0.4, 0.5) is 0 Å². The van der Waals surface area contributed by atoms with Gasteiger partial charge in [-0.05, 0) is 12.5 Å². The van der Waals surface area contributed by atoms with E-state index in [2.05, 4.69) is 15.0 Å². The number of aromatic nitrogens is 1. The lowest BCUT2D eigenvalue weighted by Crippen LogP contribution is -2.26. The van der Waals surface area contributed by atoms with E-state index in [1.165, 1.54) is 12.3 Å². The van der Waals surface area contributed by atoms with Crippen LogP contribution in [-0.4, -0.2) is 11.1 Å². The Kier molecular flexibility index (Phi) is 3.00. The predicted octanol–water partition coefficient (Wildman–Crippen LogP) is 2.17.